The number of urea groups is 1. The van der Waals surface area contributed by atoms with Gasteiger partial charge in [0.15, 0.2) is 0 Å². The van der Waals surface area contributed by atoms with Crippen molar-refractivity contribution < 1.29 is 22.8 Å². The van der Waals surface area contributed by atoms with E-state index in [1.54, 1.807) is 0 Å². The number of rotatable bonds is 4. The summed E-state index contributed by atoms with van der Waals surface area (Å²) in [4.78, 5) is 33.9. The molecule has 0 spiro atoms. The third-order valence-electron chi connectivity index (χ3n) is 2.63. The normalized spacial score (nSPS) is 17.7. The van der Waals surface area contributed by atoms with E-state index in [1.807, 2.05) is 4.72 Å². The Labute approximate surface area is 152 Å². The second kappa shape index (κ2) is 7.20. The van der Waals surface area contributed by atoms with Gasteiger partial charge in [0.25, 0.3) is 15.3 Å². The molecule has 1 aliphatic heterocycles. The summed E-state index contributed by atoms with van der Waals surface area (Å²) in [6.45, 7) is -0.175. The van der Waals surface area contributed by atoms with Crippen LogP contribution in [0.1, 0.15) is 0 Å². The molecule has 124 valence electrons. The van der Waals surface area contributed by atoms with E-state index in [0.717, 1.165) is 11.8 Å². The minimum atomic E-state index is -4.08. The van der Waals surface area contributed by atoms with Gasteiger partial charge in [0.2, 0.25) is 5.91 Å². The standard InChI is InChI=1S/C11H9Br2N3O5S2/c12-5-1-2-8(6(13)3-5)23(20,21)16-10(18)14-4-7-9(17)15-11(19)22-7/h1-3,7H,4H2,(H2,14,16,18)(H,15,17,19). The quantitative estimate of drug-likeness (QED) is 0.593. The molecule has 1 fully saturated rings. The average molecular weight is 487 g/mol. The predicted molar refractivity (Wildman–Crippen MR) is 90.5 cm³/mol. The van der Waals surface area contributed by atoms with Crippen LogP contribution in [0.15, 0.2) is 32.0 Å². The number of sulfonamides is 1. The Kier molecular flexibility index (Phi) is 5.70. The smallest absolute Gasteiger partial charge is 0.328 e. The van der Waals surface area contributed by atoms with Crippen LogP contribution in [-0.4, -0.2) is 37.4 Å². The van der Waals surface area contributed by atoms with Crippen LogP contribution in [0.2, 0.25) is 0 Å². The zero-order chi connectivity index (χ0) is 17.2. The van der Waals surface area contributed by atoms with Gasteiger partial charge in [-0.25, -0.2) is 17.9 Å². The van der Waals surface area contributed by atoms with Crippen LogP contribution in [0.3, 0.4) is 0 Å². The number of halogens is 2. The highest BCUT2D eigenvalue weighted by Crippen LogP contribution is 2.25. The van der Waals surface area contributed by atoms with E-state index in [-0.39, 0.29) is 15.9 Å². The molecule has 1 atom stereocenters. The lowest BCUT2D eigenvalue weighted by Crippen LogP contribution is -2.43. The van der Waals surface area contributed by atoms with Crippen LogP contribution >= 0.6 is 43.6 Å². The number of hydrogen-bond donors (Lipinski definition) is 3. The van der Waals surface area contributed by atoms with E-state index >= 15 is 0 Å². The van der Waals surface area contributed by atoms with Gasteiger partial charge in [0.1, 0.15) is 10.1 Å². The van der Waals surface area contributed by atoms with Gasteiger partial charge in [-0.15, -0.1) is 0 Å². The van der Waals surface area contributed by atoms with Crippen LogP contribution in [0.5, 0.6) is 0 Å². The topological polar surface area (TPSA) is 121 Å². The Morgan fingerprint density at radius 3 is 2.57 bits per heavy atom. The molecular formula is C11H9Br2N3O5S2. The Morgan fingerprint density at radius 2 is 2.00 bits per heavy atom. The molecule has 2 rings (SSSR count). The number of nitrogens with one attached hydrogen (secondary N) is 3. The average Bonchev–Trinajstić information content (AvgIpc) is 2.73. The molecule has 0 saturated carbocycles. The van der Waals surface area contributed by atoms with Crippen molar-refractivity contribution in [2.75, 3.05) is 6.54 Å². The maximum atomic E-state index is 12.1. The molecule has 0 aliphatic carbocycles. The Bertz CT molecular complexity index is 784. The first kappa shape index (κ1) is 18.2. The van der Waals surface area contributed by atoms with Crippen LogP contribution < -0.4 is 15.4 Å². The summed E-state index contributed by atoms with van der Waals surface area (Å²) in [6.07, 6.45) is 0. The van der Waals surface area contributed by atoms with Crippen molar-refractivity contribution in [2.45, 2.75) is 10.1 Å². The van der Waals surface area contributed by atoms with E-state index in [9.17, 15) is 22.8 Å². The minimum Gasteiger partial charge on any atom is -0.336 e. The molecule has 23 heavy (non-hydrogen) atoms. The second-order valence-corrected chi connectivity index (χ2v) is 8.87. The van der Waals surface area contributed by atoms with Gasteiger partial charge in [0, 0.05) is 15.5 Å². The minimum absolute atomic E-state index is 0.112. The van der Waals surface area contributed by atoms with E-state index in [4.69, 9.17) is 0 Å². The third kappa shape index (κ3) is 4.68. The molecule has 1 aromatic carbocycles. The van der Waals surface area contributed by atoms with Crippen LogP contribution in [0, 0.1) is 0 Å². The summed E-state index contributed by atoms with van der Waals surface area (Å²) in [5, 5.41) is 3.02. The fraction of sp³-hybridized carbons (Fsp3) is 0.182. The van der Waals surface area contributed by atoms with Crippen LogP contribution in [-0.2, 0) is 14.8 Å². The first-order valence-corrected chi connectivity index (χ1v) is 9.91. The second-order valence-electron chi connectivity index (χ2n) is 4.27. The maximum absolute atomic E-state index is 12.1. The number of amides is 4. The highest BCUT2D eigenvalue weighted by Gasteiger charge is 2.32. The lowest BCUT2D eigenvalue weighted by atomic mass is 10.4. The van der Waals surface area contributed by atoms with Crippen LogP contribution in [0.4, 0.5) is 9.59 Å². The van der Waals surface area contributed by atoms with Gasteiger partial charge in [0.05, 0.1) is 0 Å². The molecule has 0 aromatic heterocycles. The van der Waals surface area contributed by atoms with Crippen molar-refractivity contribution >= 4 is 70.8 Å². The van der Waals surface area contributed by atoms with E-state index in [1.165, 1.54) is 18.2 Å². The number of imide groups is 1. The Morgan fingerprint density at radius 1 is 1.30 bits per heavy atom. The molecule has 4 amide bonds. The van der Waals surface area contributed by atoms with Gasteiger partial charge >= 0.3 is 6.03 Å². The summed E-state index contributed by atoms with van der Waals surface area (Å²) < 4.78 is 27.0. The van der Waals surface area contributed by atoms with E-state index in [2.05, 4.69) is 42.5 Å². The van der Waals surface area contributed by atoms with E-state index in [0.29, 0.717) is 4.47 Å². The lowest BCUT2D eigenvalue weighted by Gasteiger charge is -2.11. The molecular weight excluding hydrogens is 478 g/mol. The summed E-state index contributed by atoms with van der Waals surface area (Å²) in [5.74, 6) is -0.529. The monoisotopic (exact) mass is 485 g/mol. The fourth-order valence-electron chi connectivity index (χ4n) is 1.62. The Hall–Kier alpha value is -1.11. The number of thioether (sulfide) groups is 1. The Balaban J connectivity index is 1.99. The fourth-order valence-corrected chi connectivity index (χ4v) is 5.05. The zero-order valence-corrected chi connectivity index (χ0v) is 15.9. The molecule has 0 bridgehead atoms. The molecule has 1 aliphatic rings. The maximum Gasteiger partial charge on any atom is 0.328 e. The molecule has 1 aromatic rings. The van der Waals surface area contributed by atoms with Crippen molar-refractivity contribution in [3.63, 3.8) is 0 Å². The summed E-state index contributed by atoms with van der Waals surface area (Å²) in [7, 11) is -4.08. The summed E-state index contributed by atoms with van der Waals surface area (Å²) in [6, 6.07) is 3.37. The zero-order valence-electron chi connectivity index (χ0n) is 11.1. The molecule has 12 heteroatoms. The highest BCUT2D eigenvalue weighted by molar-refractivity contribution is 9.11. The molecule has 1 saturated heterocycles. The van der Waals surface area contributed by atoms with Crippen molar-refractivity contribution in [3.05, 3.63) is 27.1 Å². The van der Waals surface area contributed by atoms with Gasteiger partial charge in [-0.3, -0.25) is 14.9 Å². The van der Waals surface area contributed by atoms with Crippen molar-refractivity contribution in [1.82, 2.24) is 15.4 Å². The first-order chi connectivity index (χ1) is 10.7. The summed E-state index contributed by atoms with van der Waals surface area (Å²) in [5.41, 5.74) is 0. The van der Waals surface area contributed by atoms with Crippen molar-refractivity contribution in [3.8, 4) is 0 Å². The molecule has 3 N–H and O–H groups in total. The van der Waals surface area contributed by atoms with Gasteiger partial charge in [-0.2, -0.15) is 0 Å². The van der Waals surface area contributed by atoms with Crippen molar-refractivity contribution in [1.29, 1.82) is 0 Å². The number of carbonyl (C=O) groups excluding carboxylic acids is 3. The number of hydrogen-bond acceptors (Lipinski definition) is 6. The number of benzene rings is 1. The lowest BCUT2D eigenvalue weighted by molar-refractivity contribution is -0.118. The number of carbonyl (C=O) groups is 3. The predicted octanol–water partition coefficient (Wildman–Crippen LogP) is 1.55. The van der Waals surface area contributed by atoms with Gasteiger partial charge < -0.3 is 5.32 Å². The van der Waals surface area contributed by atoms with Crippen molar-refractivity contribution in [2.24, 2.45) is 0 Å². The van der Waals surface area contributed by atoms with Crippen LogP contribution in [0.25, 0.3) is 0 Å². The highest BCUT2D eigenvalue weighted by atomic mass is 79.9. The first-order valence-electron chi connectivity index (χ1n) is 5.96. The SMILES string of the molecule is O=C(NCC1SC(=O)NC1=O)NS(=O)(=O)c1ccc(Br)cc1Br. The van der Waals surface area contributed by atoms with Gasteiger partial charge in [-0.05, 0) is 45.9 Å². The van der Waals surface area contributed by atoms with E-state index < -0.39 is 32.5 Å². The molecule has 1 heterocycles. The molecule has 8 nitrogen and oxygen atoms in total. The molecule has 1 unspecified atom stereocenters. The third-order valence-corrected chi connectivity index (χ3v) is 6.41. The largest absolute Gasteiger partial charge is 0.336 e. The molecule has 0 radical (unpaired) electrons. The summed E-state index contributed by atoms with van der Waals surface area (Å²) >= 11 is 7.03. The van der Waals surface area contributed by atoms with Gasteiger partial charge in [-0.1, -0.05) is 15.9 Å².